The number of benzene rings is 6. The molecule has 4 bridgehead atoms. The Morgan fingerprint density at radius 1 is 0.717 bits per heavy atom. The fraction of sp³-hybridized carbons (Fsp3) is 0.283. The Morgan fingerprint density at radius 2 is 1.28 bits per heavy atom. The average Bonchev–Trinajstić information content (AvgIpc) is 3.25. The Labute approximate surface area is 355 Å². The van der Waals surface area contributed by atoms with Gasteiger partial charge in [-0.05, 0) is 123 Å². The summed E-state index contributed by atoms with van der Waals surface area (Å²) in [6.45, 7) is 15.4. The van der Waals surface area contributed by atoms with Gasteiger partial charge >= 0.3 is 11.9 Å². The number of esters is 1. The highest BCUT2D eigenvalue weighted by atomic mass is 16.5. The van der Waals surface area contributed by atoms with E-state index in [-0.39, 0.29) is 13.0 Å². The van der Waals surface area contributed by atoms with Crippen LogP contribution in [0, 0.1) is 27.7 Å². The normalized spacial score (nSPS) is 15.9. The van der Waals surface area contributed by atoms with Gasteiger partial charge in [-0.25, -0.2) is 9.59 Å². The first kappa shape index (κ1) is 42.0. The van der Waals surface area contributed by atoms with Crippen molar-refractivity contribution in [3.05, 3.63) is 196 Å². The van der Waals surface area contributed by atoms with Crippen LogP contribution in [0.4, 0.5) is 17.1 Å². The summed E-state index contributed by atoms with van der Waals surface area (Å²) in [6.07, 6.45) is 0.805. The van der Waals surface area contributed by atoms with Gasteiger partial charge in [0.1, 0.15) is 6.61 Å². The van der Waals surface area contributed by atoms with E-state index in [0.29, 0.717) is 30.0 Å². The third kappa shape index (κ3) is 7.94. The molecule has 0 saturated carbocycles. The van der Waals surface area contributed by atoms with Crippen molar-refractivity contribution in [2.24, 2.45) is 0 Å². The van der Waals surface area contributed by atoms with Crippen LogP contribution in [0.15, 0.2) is 146 Å². The molecule has 0 aromatic heterocycles. The van der Waals surface area contributed by atoms with Gasteiger partial charge in [-0.1, -0.05) is 127 Å². The van der Waals surface area contributed by atoms with Gasteiger partial charge in [0, 0.05) is 43.1 Å². The second-order valence-electron chi connectivity index (χ2n) is 16.1. The molecule has 7 heteroatoms. The standard InChI is InChI=1S/C53H57N3O4/c1-7-54-32-31-42-23-29-48(40(5)35-42)53(44-17-13-10-14-18-44,49-30-28-47(54)36-41(49)6)55(8-2)33-34-60-51(59)52(50(57)58,37-43-15-11-9-12-16-43)56(45-24-19-38(3)20-25-45)46-26-21-39(4)22-27-46/h9-30,35-36H,7-8,31-34,37H2,1-6H3,(H,57,58). The van der Waals surface area contributed by atoms with Crippen LogP contribution in [0.1, 0.15) is 63.9 Å². The summed E-state index contributed by atoms with van der Waals surface area (Å²) in [7, 11) is 0. The minimum atomic E-state index is -2.16. The largest absolute Gasteiger partial charge is 0.479 e. The van der Waals surface area contributed by atoms with Gasteiger partial charge in [0.15, 0.2) is 0 Å². The summed E-state index contributed by atoms with van der Waals surface area (Å²) in [5, 5.41) is 11.5. The van der Waals surface area contributed by atoms with Crippen molar-refractivity contribution in [2.45, 2.75) is 65.5 Å². The van der Waals surface area contributed by atoms with E-state index in [0.717, 1.165) is 52.9 Å². The molecule has 0 spiro atoms. The molecular weight excluding hydrogens is 743 g/mol. The molecule has 60 heavy (non-hydrogen) atoms. The minimum absolute atomic E-state index is 0.0431. The maximum Gasteiger partial charge on any atom is 0.344 e. The lowest BCUT2D eigenvalue weighted by molar-refractivity contribution is -0.161. The van der Waals surface area contributed by atoms with Gasteiger partial charge in [0.25, 0.3) is 0 Å². The molecule has 2 atom stereocenters. The molecule has 10 rings (SSSR count). The summed E-state index contributed by atoms with van der Waals surface area (Å²) in [4.78, 5) is 35.8. The fourth-order valence-corrected chi connectivity index (χ4v) is 9.23. The highest BCUT2D eigenvalue weighted by Gasteiger charge is 2.54. The average molecular weight is 800 g/mol. The summed E-state index contributed by atoms with van der Waals surface area (Å²) in [5.74, 6) is -2.12. The predicted octanol–water partition coefficient (Wildman–Crippen LogP) is 10.4. The number of ether oxygens (including phenoxy) is 1. The van der Waals surface area contributed by atoms with Crippen LogP contribution >= 0.6 is 0 Å². The summed E-state index contributed by atoms with van der Waals surface area (Å²) < 4.78 is 6.39. The van der Waals surface area contributed by atoms with E-state index in [4.69, 9.17) is 4.74 Å². The summed E-state index contributed by atoms with van der Waals surface area (Å²) in [5.41, 5.74) is 9.19. The van der Waals surface area contributed by atoms with Crippen LogP contribution in [-0.2, 0) is 32.7 Å². The number of aliphatic carboxylic acids is 1. The zero-order valence-electron chi connectivity index (χ0n) is 35.8. The Bertz CT molecular complexity index is 2370. The van der Waals surface area contributed by atoms with Crippen molar-refractivity contribution in [1.29, 1.82) is 0 Å². The van der Waals surface area contributed by atoms with Crippen LogP contribution in [0.2, 0.25) is 0 Å². The van der Waals surface area contributed by atoms with Crippen molar-refractivity contribution >= 4 is 29.0 Å². The van der Waals surface area contributed by atoms with Crippen molar-refractivity contribution in [3.63, 3.8) is 0 Å². The van der Waals surface area contributed by atoms with Gasteiger partial charge in [-0.2, -0.15) is 0 Å². The molecule has 1 N–H and O–H groups in total. The number of anilines is 3. The molecule has 0 aliphatic carbocycles. The van der Waals surface area contributed by atoms with E-state index in [1.54, 1.807) is 4.90 Å². The predicted molar refractivity (Wildman–Crippen MR) is 243 cm³/mol. The van der Waals surface area contributed by atoms with Crippen LogP contribution in [-0.4, -0.2) is 60.3 Å². The fourth-order valence-electron chi connectivity index (χ4n) is 9.23. The molecule has 6 aromatic rings. The topological polar surface area (TPSA) is 73.3 Å². The van der Waals surface area contributed by atoms with E-state index in [1.807, 2.05) is 98.8 Å². The first-order chi connectivity index (χ1) is 29.0. The Morgan fingerprint density at radius 3 is 1.82 bits per heavy atom. The molecule has 4 aliphatic heterocycles. The Hall–Kier alpha value is -6.18. The lowest BCUT2D eigenvalue weighted by Gasteiger charge is -2.47. The smallest absolute Gasteiger partial charge is 0.344 e. The number of carboxylic acid groups (broad SMARTS) is 1. The van der Waals surface area contributed by atoms with Gasteiger partial charge < -0.3 is 19.6 Å². The number of hydrogen-bond acceptors (Lipinski definition) is 6. The number of hydrogen-bond donors (Lipinski definition) is 1. The number of aryl methyl sites for hydroxylation is 4. The second-order valence-corrected chi connectivity index (χ2v) is 16.1. The molecule has 7 nitrogen and oxygen atoms in total. The Balaban J connectivity index is 1.35. The van der Waals surface area contributed by atoms with Crippen LogP contribution < -0.4 is 9.80 Å². The van der Waals surface area contributed by atoms with E-state index >= 15 is 4.79 Å². The quantitative estimate of drug-likeness (QED) is 0.0869. The highest BCUT2D eigenvalue weighted by molar-refractivity contribution is 6.10. The number of rotatable bonds is 14. The molecule has 308 valence electrons. The summed E-state index contributed by atoms with van der Waals surface area (Å²) in [6, 6.07) is 48.9. The Kier molecular flexibility index (Phi) is 12.6. The number of carboxylic acids is 1. The number of likely N-dealkylation sites (N-methyl/N-ethyl adjacent to an activating group) is 2. The van der Waals surface area contributed by atoms with Crippen LogP contribution in [0.5, 0.6) is 0 Å². The lowest BCUT2D eigenvalue weighted by atomic mass is 9.72. The molecule has 0 fully saturated rings. The molecule has 4 aliphatic rings. The van der Waals surface area contributed by atoms with Crippen molar-refractivity contribution in [1.82, 2.24) is 4.90 Å². The van der Waals surface area contributed by atoms with Crippen molar-refractivity contribution in [2.75, 3.05) is 42.6 Å². The first-order valence-corrected chi connectivity index (χ1v) is 21.2. The van der Waals surface area contributed by atoms with E-state index in [2.05, 4.69) is 98.2 Å². The maximum atomic E-state index is 15.2. The second kappa shape index (κ2) is 18.0. The van der Waals surface area contributed by atoms with Crippen LogP contribution in [0.25, 0.3) is 0 Å². The molecular formula is C53H57N3O4. The summed E-state index contributed by atoms with van der Waals surface area (Å²) >= 11 is 0. The third-order valence-electron chi connectivity index (χ3n) is 12.3. The molecule has 2 unspecified atom stereocenters. The lowest BCUT2D eigenvalue weighted by Crippen LogP contribution is -2.61. The molecule has 4 heterocycles. The van der Waals surface area contributed by atoms with E-state index in [9.17, 15) is 9.90 Å². The first-order valence-electron chi connectivity index (χ1n) is 21.2. The molecule has 6 aromatic carbocycles. The van der Waals surface area contributed by atoms with Gasteiger partial charge in [-0.3, -0.25) is 4.90 Å². The van der Waals surface area contributed by atoms with Gasteiger partial charge in [-0.15, -0.1) is 0 Å². The van der Waals surface area contributed by atoms with Gasteiger partial charge in [0.05, 0.1) is 5.54 Å². The van der Waals surface area contributed by atoms with E-state index < -0.39 is 23.0 Å². The van der Waals surface area contributed by atoms with Crippen molar-refractivity contribution in [3.8, 4) is 0 Å². The molecule has 0 amide bonds. The maximum absolute atomic E-state index is 15.2. The monoisotopic (exact) mass is 799 g/mol. The van der Waals surface area contributed by atoms with Crippen molar-refractivity contribution < 1.29 is 19.4 Å². The zero-order chi connectivity index (χ0) is 42.4. The van der Waals surface area contributed by atoms with Crippen LogP contribution in [0.3, 0.4) is 0 Å². The molecule has 0 saturated heterocycles. The van der Waals surface area contributed by atoms with E-state index in [1.165, 1.54) is 16.8 Å². The van der Waals surface area contributed by atoms with Gasteiger partial charge in [0.2, 0.25) is 5.54 Å². The SMILES string of the molecule is CCN1CCc2ccc(c(C)c2)C(c2ccccc2)(N(CC)CCOC(=O)C(Cc2ccccc2)(C(=O)O)N(c2ccc(C)cc2)c2ccc(C)cc2)c2ccc1cc2C. The number of nitrogens with zero attached hydrogens (tertiary/aromatic N) is 3. The zero-order valence-corrected chi connectivity index (χ0v) is 35.8. The highest BCUT2D eigenvalue weighted by Crippen LogP contribution is 2.46. The minimum Gasteiger partial charge on any atom is -0.479 e. The number of carbonyl (C=O) groups excluding carboxylic acids is 1. The molecule has 0 radical (unpaired) electrons. The third-order valence-corrected chi connectivity index (χ3v) is 12.3. The number of carbonyl (C=O) groups is 2.